The highest BCUT2D eigenvalue weighted by molar-refractivity contribution is 5.35. The zero-order valence-electron chi connectivity index (χ0n) is 10.9. The Morgan fingerprint density at radius 3 is 2.37 bits per heavy atom. The van der Waals surface area contributed by atoms with E-state index >= 15 is 0 Å². The third kappa shape index (κ3) is 5.16. The van der Waals surface area contributed by atoms with Crippen LogP contribution in [0.15, 0.2) is 0 Å². The fourth-order valence-corrected chi connectivity index (χ4v) is 1.10. The van der Waals surface area contributed by atoms with Crippen LogP contribution in [0.25, 0.3) is 0 Å². The van der Waals surface area contributed by atoms with Crippen LogP contribution in [0.5, 0.6) is 6.01 Å². The zero-order valence-corrected chi connectivity index (χ0v) is 10.9. The van der Waals surface area contributed by atoms with Crippen LogP contribution in [-0.4, -0.2) is 52.3 Å². The fraction of sp³-hybridized carbons (Fsp3) is 0.700. The van der Waals surface area contributed by atoms with E-state index in [2.05, 4.69) is 25.6 Å². The zero-order chi connectivity index (χ0) is 14.4. The van der Waals surface area contributed by atoms with Gasteiger partial charge in [0, 0.05) is 13.6 Å². The van der Waals surface area contributed by atoms with E-state index in [1.807, 2.05) is 0 Å². The number of halogens is 2. The SMILES string of the molecule is CNc1nc(NCC(O)C(F)F)nc(OC(C)C)n1. The number of hydrogen-bond donors (Lipinski definition) is 3. The Kier molecular flexibility index (Phi) is 5.61. The standard InChI is InChI=1S/C10H17F2N5O2/c1-5(2)19-10-16-8(13-3)15-9(17-10)14-4-6(18)7(11)12/h5-7,18H,4H2,1-3H3,(H2,13,14,15,16,17). The minimum Gasteiger partial charge on any atom is -0.461 e. The maximum Gasteiger partial charge on any atom is 0.323 e. The Labute approximate surface area is 109 Å². The van der Waals surface area contributed by atoms with Gasteiger partial charge >= 0.3 is 6.01 Å². The van der Waals surface area contributed by atoms with Gasteiger partial charge in [0.2, 0.25) is 11.9 Å². The average Bonchev–Trinajstić information content (AvgIpc) is 2.34. The summed E-state index contributed by atoms with van der Waals surface area (Å²) in [5.41, 5.74) is 0. The van der Waals surface area contributed by atoms with Gasteiger partial charge in [-0.05, 0) is 13.8 Å². The van der Waals surface area contributed by atoms with E-state index in [1.54, 1.807) is 20.9 Å². The number of anilines is 2. The predicted molar refractivity (Wildman–Crippen MR) is 65.6 cm³/mol. The number of aliphatic hydroxyl groups is 1. The highest BCUT2D eigenvalue weighted by Crippen LogP contribution is 2.12. The largest absolute Gasteiger partial charge is 0.461 e. The maximum atomic E-state index is 12.1. The number of alkyl halides is 2. The molecule has 7 nitrogen and oxygen atoms in total. The minimum absolute atomic E-state index is 0.0506. The molecule has 1 atom stereocenters. The topological polar surface area (TPSA) is 92.2 Å². The third-order valence-corrected chi connectivity index (χ3v) is 1.94. The van der Waals surface area contributed by atoms with Gasteiger partial charge in [-0.25, -0.2) is 8.78 Å². The molecule has 0 bridgehead atoms. The Morgan fingerprint density at radius 1 is 1.21 bits per heavy atom. The molecule has 1 heterocycles. The molecule has 108 valence electrons. The molecule has 0 aromatic carbocycles. The summed E-state index contributed by atoms with van der Waals surface area (Å²) in [6.07, 6.45) is -4.75. The number of aromatic nitrogens is 3. The molecule has 0 saturated carbocycles. The molecule has 0 radical (unpaired) electrons. The number of rotatable bonds is 7. The van der Waals surface area contributed by atoms with Crippen molar-refractivity contribution < 1.29 is 18.6 Å². The third-order valence-electron chi connectivity index (χ3n) is 1.94. The Balaban J connectivity index is 2.76. The van der Waals surface area contributed by atoms with Crippen molar-refractivity contribution in [2.75, 3.05) is 24.2 Å². The normalized spacial score (nSPS) is 12.6. The van der Waals surface area contributed by atoms with Crippen LogP contribution in [0, 0.1) is 0 Å². The van der Waals surface area contributed by atoms with E-state index in [0.29, 0.717) is 0 Å². The molecule has 1 aromatic heterocycles. The van der Waals surface area contributed by atoms with Gasteiger partial charge in [-0.3, -0.25) is 0 Å². The van der Waals surface area contributed by atoms with E-state index < -0.39 is 12.5 Å². The van der Waals surface area contributed by atoms with E-state index in [-0.39, 0.29) is 30.6 Å². The lowest BCUT2D eigenvalue weighted by Gasteiger charge is -2.13. The summed E-state index contributed by atoms with van der Waals surface area (Å²) in [5.74, 6) is 0.286. The lowest BCUT2D eigenvalue weighted by atomic mass is 10.4. The number of aliphatic hydroxyl groups excluding tert-OH is 1. The maximum absolute atomic E-state index is 12.1. The second kappa shape index (κ2) is 6.98. The molecule has 1 rings (SSSR count). The summed E-state index contributed by atoms with van der Waals surface area (Å²) < 4.78 is 29.6. The van der Waals surface area contributed by atoms with Crippen LogP contribution in [-0.2, 0) is 0 Å². The lowest BCUT2D eigenvalue weighted by molar-refractivity contribution is 0.00376. The van der Waals surface area contributed by atoms with E-state index in [9.17, 15) is 8.78 Å². The molecule has 0 aliphatic heterocycles. The summed E-state index contributed by atoms with van der Waals surface area (Å²) in [5, 5.41) is 14.2. The number of nitrogens with one attached hydrogen (secondary N) is 2. The Bertz CT molecular complexity index is 406. The molecule has 3 N–H and O–H groups in total. The first-order valence-corrected chi connectivity index (χ1v) is 5.73. The first kappa shape index (κ1) is 15.3. The molecular formula is C10H17F2N5O2. The predicted octanol–water partition coefficient (Wildman–Crippen LogP) is 0.738. The first-order chi connectivity index (χ1) is 8.92. The fourth-order valence-electron chi connectivity index (χ4n) is 1.10. The Hall–Kier alpha value is -1.77. The van der Waals surface area contributed by atoms with Crippen LogP contribution in [0.2, 0.25) is 0 Å². The number of ether oxygens (including phenoxy) is 1. The van der Waals surface area contributed by atoms with E-state index in [1.165, 1.54) is 0 Å². The number of hydrogen-bond acceptors (Lipinski definition) is 7. The first-order valence-electron chi connectivity index (χ1n) is 5.73. The highest BCUT2D eigenvalue weighted by Gasteiger charge is 2.17. The van der Waals surface area contributed by atoms with Crippen LogP contribution in [0.4, 0.5) is 20.7 Å². The van der Waals surface area contributed by atoms with Crippen molar-refractivity contribution in [3.8, 4) is 6.01 Å². The van der Waals surface area contributed by atoms with Gasteiger partial charge in [-0.1, -0.05) is 0 Å². The molecule has 0 fully saturated rings. The van der Waals surface area contributed by atoms with Crippen LogP contribution in [0.3, 0.4) is 0 Å². The van der Waals surface area contributed by atoms with Gasteiger partial charge in [0.05, 0.1) is 6.10 Å². The summed E-state index contributed by atoms with van der Waals surface area (Å²) in [4.78, 5) is 11.8. The van der Waals surface area contributed by atoms with Crippen molar-refractivity contribution in [2.45, 2.75) is 32.5 Å². The van der Waals surface area contributed by atoms with Gasteiger partial charge in [0.15, 0.2) is 0 Å². The van der Waals surface area contributed by atoms with Gasteiger partial charge in [0.25, 0.3) is 6.43 Å². The monoisotopic (exact) mass is 277 g/mol. The van der Waals surface area contributed by atoms with Crippen molar-refractivity contribution in [1.29, 1.82) is 0 Å². The molecule has 19 heavy (non-hydrogen) atoms. The smallest absolute Gasteiger partial charge is 0.323 e. The average molecular weight is 277 g/mol. The minimum atomic E-state index is -2.83. The quantitative estimate of drug-likeness (QED) is 0.677. The van der Waals surface area contributed by atoms with Gasteiger partial charge in [-0.15, -0.1) is 0 Å². The van der Waals surface area contributed by atoms with Crippen molar-refractivity contribution >= 4 is 11.9 Å². The van der Waals surface area contributed by atoms with Crippen molar-refractivity contribution in [3.05, 3.63) is 0 Å². The van der Waals surface area contributed by atoms with Crippen molar-refractivity contribution in [1.82, 2.24) is 15.0 Å². The second-order valence-electron chi connectivity index (χ2n) is 3.96. The molecule has 9 heteroatoms. The molecule has 1 unspecified atom stereocenters. The molecule has 0 aliphatic carbocycles. The molecule has 0 aliphatic rings. The molecular weight excluding hydrogens is 260 g/mol. The van der Waals surface area contributed by atoms with Crippen molar-refractivity contribution in [2.24, 2.45) is 0 Å². The summed E-state index contributed by atoms with van der Waals surface area (Å²) in [6.45, 7) is 3.24. The van der Waals surface area contributed by atoms with Crippen LogP contribution < -0.4 is 15.4 Å². The van der Waals surface area contributed by atoms with Gasteiger partial charge in [0.1, 0.15) is 6.10 Å². The molecule has 0 saturated heterocycles. The van der Waals surface area contributed by atoms with Crippen molar-refractivity contribution in [3.63, 3.8) is 0 Å². The summed E-state index contributed by atoms with van der Waals surface area (Å²) in [6, 6.07) is 0.0726. The summed E-state index contributed by atoms with van der Waals surface area (Å²) >= 11 is 0. The molecule has 1 aromatic rings. The highest BCUT2D eigenvalue weighted by atomic mass is 19.3. The number of nitrogens with zero attached hydrogens (tertiary/aromatic N) is 3. The Morgan fingerprint density at radius 2 is 1.84 bits per heavy atom. The van der Waals surface area contributed by atoms with Gasteiger partial charge in [-0.2, -0.15) is 15.0 Å². The van der Waals surface area contributed by atoms with Crippen LogP contribution >= 0.6 is 0 Å². The lowest BCUT2D eigenvalue weighted by Crippen LogP contribution is -2.27. The molecule has 0 amide bonds. The second-order valence-corrected chi connectivity index (χ2v) is 3.96. The summed E-state index contributed by atoms with van der Waals surface area (Å²) in [7, 11) is 1.60. The van der Waals surface area contributed by atoms with Crippen LogP contribution in [0.1, 0.15) is 13.8 Å². The van der Waals surface area contributed by atoms with Gasteiger partial charge < -0.3 is 20.5 Å². The van der Waals surface area contributed by atoms with E-state index in [4.69, 9.17) is 9.84 Å². The molecule has 0 spiro atoms. The van der Waals surface area contributed by atoms with E-state index in [0.717, 1.165) is 0 Å².